The van der Waals surface area contributed by atoms with Crippen LogP contribution in [0.25, 0.3) is 0 Å². The minimum absolute atomic E-state index is 0.722. The number of piperazine rings is 1. The van der Waals surface area contributed by atoms with Crippen LogP contribution in [0.3, 0.4) is 0 Å². The van der Waals surface area contributed by atoms with E-state index in [0.29, 0.717) is 0 Å². The Bertz CT molecular complexity index is 782. The van der Waals surface area contributed by atoms with Crippen LogP contribution in [0.4, 0.5) is 5.13 Å². The third-order valence-electron chi connectivity index (χ3n) is 4.76. The van der Waals surface area contributed by atoms with Crippen molar-refractivity contribution in [2.75, 3.05) is 45.2 Å². The smallest absolute Gasteiger partial charge is 0.205 e. The molecule has 2 aromatic rings. The Morgan fingerprint density at radius 1 is 1.30 bits per heavy atom. The third kappa shape index (κ3) is 4.68. The lowest BCUT2D eigenvalue weighted by Crippen LogP contribution is -2.52. The summed E-state index contributed by atoms with van der Waals surface area (Å²) >= 11 is 1.50. The molecule has 7 nitrogen and oxygen atoms in total. The van der Waals surface area contributed by atoms with Crippen LogP contribution in [0.5, 0.6) is 5.75 Å². The number of anilines is 1. The highest BCUT2D eigenvalue weighted by atomic mass is 32.1. The van der Waals surface area contributed by atoms with E-state index >= 15 is 0 Å². The number of guanidine groups is 1. The summed E-state index contributed by atoms with van der Waals surface area (Å²) in [5, 5.41) is 4.50. The number of methoxy groups -OCH3 is 1. The first-order chi connectivity index (χ1) is 13.1. The molecule has 1 aliphatic rings. The predicted molar refractivity (Wildman–Crippen MR) is 111 cm³/mol. The lowest BCUT2D eigenvalue weighted by molar-refractivity contribution is 0.372. The molecular formula is C19H28N6OS. The van der Waals surface area contributed by atoms with Gasteiger partial charge in [0, 0.05) is 57.7 Å². The molecule has 1 aromatic heterocycles. The number of hydrogen-bond acceptors (Lipinski definition) is 6. The van der Waals surface area contributed by atoms with E-state index in [1.807, 2.05) is 7.05 Å². The molecule has 0 saturated carbocycles. The maximum atomic E-state index is 5.41. The van der Waals surface area contributed by atoms with Gasteiger partial charge in [0.25, 0.3) is 0 Å². The number of rotatable bonds is 5. The Morgan fingerprint density at radius 3 is 2.70 bits per heavy atom. The minimum atomic E-state index is 0.722. The zero-order chi connectivity index (χ0) is 19.2. The van der Waals surface area contributed by atoms with Gasteiger partial charge in [0.05, 0.1) is 7.11 Å². The Labute approximate surface area is 165 Å². The lowest BCUT2D eigenvalue weighted by atomic mass is 10.1. The number of hydrogen-bond donors (Lipinski definition) is 1. The van der Waals surface area contributed by atoms with Crippen molar-refractivity contribution in [3.05, 3.63) is 35.2 Å². The normalized spacial score (nSPS) is 15.2. The fraction of sp³-hybridized carbons (Fsp3) is 0.526. The van der Waals surface area contributed by atoms with Crippen molar-refractivity contribution in [2.24, 2.45) is 4.99 Å². The number of ether oxygens (including phenoxy) is 1. The molecule has 0 amide bonds. The van der Waals surface area contributed by atoms with Crippen molar-refractivity contribution in [3.8, 4) is 5.75 Å². The van der Waals surface area contributed by atoms with Gasteiger partial charge in [-0.3, -0.25) is 4.99 Å². The predicted octanol–water partition coefficient (Wildman–Crippen LogP) is 2.32. The van der Waals surface area contributed by atoms with Crippen LogP contribution in [0.1, 0.15) is 23.9 Å². The first kappa shape index (κ1) is 19.4. The SMILES string of the molecule is CCc1nsc(N2CCN(C(=NC)NCc3ccc(C)c(OC)c3)CC2)n1. The minimum Gasteiger partial charge on any atom is -0.496 e. The van der Waals surface area contributed by atoms with Gasteiger partial charge in [0.15, 0.2) is 5.96 Å². The maximum Gasteiger partial charge on any atom is 0.205 e. The molecule has 3 rings (SSSR count). The summed E-state index contributed by atoms with van der Waals surface area (Å²) in [6.07, 6.45) is 0.886. The summed E-state index contributed by atoms with van der Waals surface area (Å²) in [5.74, 6) is 2.78. The second-order valence-corrected chi connectivity index (χ2v) is 7.26. The zero-order valence-corrected chi connectivity index (χ0v) is 17.3. The third-order valence-corrected chi connectivity index (χ3v) is 5.57. The van der Waals surface area contributed by atoms with Gasteiger partial charge >= 0.3 is 0 Å². The Morgan fingerprint density at radius 2 is 2.07 bits per heavy atom. The summed E-state index contributed by atoms with van der Waals surface area (Å²) in [6.45, 7) is 8.55. The van der Waals surface area contributed by atoms with E-state index in [0.717, 1.165) is 67.4 Å². The van der Waals surface area contributed by atoms with Crippen LogP contribution in [0.2, 0.25) is 0 Å². The molecule has 1 fully saturated rings. The highest BCUT2D eigenvalue weighted by Crippen LogP contribution is 2.20. The van der Waals surface area contributed by atoms with E-state index in [1.54, 1.807) is 7.11 Å². The van der Waals surface area contributed by atoms with Gasteiger partial charge in [-0.05, 0) is 24.1 Å². The molecule has 0 atom stereocenters. The van der Waals surface area contributed by atoms with Crippen LogP contribution in [0, 0.1) is 6.92 Å². The molecular weight excluding hydrogens is 360 g/mol. The highest BCUT2D eigenvalue weighted by molar-refractivity contribution is 7.09. The van der Waals surface area contributed by atoms with E-state index in [9.17, 15) is 0 Å². The monoisotopic (exact) mass is 388 g/mol. The van der Waals surface area contributed by atoms with Gasteiger partial charge in [-0.15, -0.1) is 0 Å². The van der Waals surface area contributed by atoms with Crippen molar-refractivity contribution in [1.82, 2.24) is 19.6 Å². The Kier molecular flexibility index (Phi) is 6.49. The second kappa shape index (κ2) is 9.03. The summed E-state index contributed by atoms with van der Waals surface area (Å²) in [5.41, 5.74) is 2.32. The molecule has 27 heavy (non-hydrogen) atoms. The number of aromatic nitrogens is 2. The summed E-state index contributed by atoms with van der Waals surface area (Å²) in [6, 6.07) is 6.29. The van der Waals surface area contributed by atoms with Gasteiger partial charge in [-0.25, -0.2) is 4.98 Å². The second-order valence-electron chi connectivity index (χ2n) is 6.53. The van der Waals surface area contributed by atoms with Crippen LogP contribution in [-0.4, -0.2) is 60.6 Å². The zero-order valence-electron chi connectivity index (χ0n) is 16.5. The van der Waals surface area contributed by atoms with Crippen molar-refractivity contribution in [3.63, 3.8) is 0 Å². The summed E-state index contributed by atoms with van der Waals surface area (Å²) in [4.78, 5) is 13.7. The van der Waals surface area contributed by atoms with Crippen molar-refractivity contribution < 1.29 is 4.74 Å². The fourth-order valence-electron chi connectivity index (χ4n) is 3.11. The van der Waals surface area contributed by atoms with Crippen LogP contribution < -0.4 is 15.0 Å². The standard InChI is InChI=1S/C19H28N6OS/c1-5-17-22-19(27-23-17)25-10-8-24(9-11-25)18(20-3)21-13-15-7-6-14(2)16(12-15)26-4/h6-7,12H,5,8-11,13H2,1-4H3,(H,20,21). The number of benzene rings is 1. The van der Waals surface area contributed by atoms with Crippen LogP contribution in [0.15, 0.2) is 23.2 Å². The van der Waals surface area contributed by atoms with Gasteiger partial charge in [0.2, 0.25) is 5.13 Å². The molecule has 0 spiro atoms. The molecule has 1 N–H and O–H groups in total. The molecule has 0 bridgehead atoms. The molecule has 2 heterocycles. The van der Waals surface area contributed by atoms with Crippen LogP contribution in [-0.2, 0) is 13.0 Å². The molecule has 1 aromatic carbocycles. The number of aryl methyl sites for hydroxylation is 2. The van der Waals surface area contributed by atoms with Crippen LogP contribution >= 0.6 is 11.5 Å². The molecule has 0 unspecified atom stereocenters. The van der Waals surface area contributed by atoms with Gasteiger partial charge in [-0.2, -0.15) is 4.37 Å². The average Bonchev–Trinajstić information content (AvgIpc) is 3.19. The first-order valence-corrected chi connectivity index (χ1v) is 10.1. The average molecular weight is 389 g/mol. The number of aliphatic imine (C=N–C) groups is 1. The van der Waals surface area contributed by atoms with Gasteiger partial charge in [0.1, 0.15) is 11.6 Å². The highest BCUT2D eigenvalue weighted by Gasteiger charge is 2.22. The van der Waals surface area contributed by atoms with E-state index in [4.69, 9.17) is 4.74 Å². The molecule has 0 radical (unpaired) electrons. The van der Waals surface area contributed by atoms with Crippen molar-refractivity contribution in [1.29, 1.82) is 0 Å². The fourth-order valence-corrected chi connectivity index (χ4v) is 3.92. The first-order valence-electron chi connectivity index (χ1n) is 9.31. The van der Waals surface area contributed by atoms with Gasteiger partial charge in [-0.1, -0.05) is 19.1 Å². The quantitative estimate of drug-likeness (QED) is 0.626. The van der Waals surface area contributed by atoms with Gasteiger partial charge < -0.3 is 19.9 Å². The topological polar surface area (TPSA) is 65.9 Å². The summed E-state index contributed by atoms with van der Waals surface area (Å²) < 4.78 is 9.81. The van der Waals surface area contributed by atoms with E-state index in [-0.39, 0.29) is 0 Å². The lowest BCUT2D eigenvalue weighted by Gasteiger charge is -2.36. The Hall–Kier alpha value is -2.35. The van der Waals surface area contributed by atoms with Crippen molar-refractivity contribution >= 4 is 22.6 Å². The molecule has 1 saturated heterocycles. The molecule has 8 heteroatoms. The number of nitrogens with one attached hydrogen (secondary N) is 1. The van der Waals surface area contributed by atoms with E-state index < -0.39 is 0 Å². The largest absolute Gasteiger partial charge is 0.496 e. The van der Waals surface area contributed by atoms with Crippen molar-refractivity contribution in [2.45, 2.75) is 26.8 Å². The maximum absolute atomic E-state index is 5.41. The molecule has 1 aliphatic heterocycles. The van der Waals surface area contributed by atoms with E-state index in [1.165, 1.54) is 17.1 Å². The van der Waals surface area contributed by atoms with E-state index in [2.05, 4.69) is 61.5 Å². The molecule has 146 valence electrons. The molecule has 0 aliphatic carbocycles. The number of nitrogens with zero attached hydrogens (tertiary/aromatic N) is 5. The Balaban J connectivity index is 1.54. The summed E-state index contributed by atoms with van der Waals surface area (Å²) in [7, 11) is 3.54.